The zero-order chi connectivity index (χ0) is 21.7. The van der Waals surface area contributed by atoms with Gasteiger partial charge in [0.2, 0.25) is 5.91 Å². The third-order valence-corrected chi connectivity index (χ3v) is 5.26. The van der Waals surface area contributed by atoms with Crippen LogP contribution in [-0.4, -0.2) is 46.8 Å². The van der Waals surface area contributed by atoms with E-state index in [4.69, 9.17) is 21.7 Å². The minimum atomic E-state index is 0.00540. The van der Waals surface area contributed by atoms with Crippen LogP contribution >= 0.6 is 12.2 Å². The maximum absolute atomic E-state index is 12.8. The summed E-state index contributed by atoms with van der Waals surface area (Å²) in [4.78, 5) is 14.4. The minimum Gasteiger partial charge on any atom is -0.497 e. The van der Waals surface area contributed by atoms with Crippen LogP contribution in [0.2, 0.25) is 0 Å². The molecule has 8 heteroatoms. The van der Waals surface area contributed by atoms with Gasteiger partial charge in [0.05, 0.1) is 14.2 Å². The Balaban J connectivity index is 1.68. The Kier molecular flexibility index (Phi) is 6.89. The van der Waals surface area contributed by atoms with Crippen LogP contribution in [0.25, 0.3) is 11.4 Å². The van der Waals surface area contributed by atoms with Crippen molar-refractivity contribution in [3.63, 3.8) is 0 Å². The zero-order valence-electron chi connectivity index (χ0n) is 17.6. The summed E-state index contributed by atoms with van der Waals surface area (Å²) in [5.74, 6) is 2.13. The Hall–Kier alpha value is -3.13. The molecule has 1 amide bonds. The average Bonchev–Trinajstić information content (AvgIpc) is 3.13. The topological polar surface area (TPSA) is 72.4 Å². The van der Waals surface area contributed by atoms with Crippen LogP contribution in [0.15, 0.2) is 42.5 Å². The van der Waals surface area contributed by atoms with Gasteiger partial charge in [-0.2, -0.15) is 5.10 Å². The van der Waals surface area contributed by atoms with Gasteiger partial charge in [0, 0.05) is 43.8 Å². The normalized spacial score (nSPS) is 10.7. The van der Waals surface area contributed by atoms with Gasteiger partial charge in [-0.3, -0.25) is 14.5 Å². The van der Waals surface area contributed by atoms with Gasteiger partial charge in [-0.1, -0.05) is 29.8 Å². The lowest BCUT2D eigenvalue weighted by Gasteiger charge is -2.19. The fourth-order valence-electron chi connectivity index (χ4n) is 3.17. The largest absolute Gasteiger partial charge is 0.497 e. The van der Waals surface area contributed by atoms with Crippen molar-refractivity contribution in [2.45, 2.75) is 26.4 Å². The van der Waals surface area contributed by atoms with Gasteiger partial charge in [-0.05, 0) is 31.3 Å². The van der Waals surface area contributed by atoms with Gasteiger partial charge >= 0.3 is 0 Å². The van der Waals surface area contributed by atoms with Gasteiger partial charge in [0.1, 0.15) is 11.5 Å². The molecule has 0 aliphatic heterocycles. The van der Waals surface area contributed by atoms with E-state index in [1.807, 2.05) is 54.0 Å². The number of aromatic nitrogens is 3. The Bertz CT molecular complexity index is 1070. The van der Waals surface area contributed by atoms with E-state index in [0.29, 0.717) is 35.8 Å². The van der Waals surface area contributed by atoms with Crippen molar-refractivity contribution in [3.05, 3.63) is 58.4 Å². The molecule has 7 nitrogen and oxygen atoms in total. The molecule has 2 aromatic carbocycles. The molecule has 0 saturated carbocycles. The zero-order valence-corrected chi connectivity index (χ0v) is 18.5. The Morgan fingerprint density at radius 2 is 1.90 bits per heavy atom. The second kappa shape index (κ2) is 9.58. The Morgan fingerprint density at radius 1 is 1.17 bits per heavy atom. The molecule has 158 valence electrons. The second-order valence-corrected chi connectivity index (χ2v) is 7.43. The van der Waals surface area contributed by atoms with Gasteiger partial charge in [0.15, 0.2) is 10.6 Å². The average molecular weight is 427 g/mol. The smallest absolute Gasteiger partial charge is 0.224 e. The van der Waals surface area contributed by atoms with E-state index in [9.17, 15) is 4.79 Å². The Morgan fingerprint density at radius 3 is 2.57 bits per heavy atom. The molecule has 1 N–H and O–H groups in total. The van der Waals surface area contributed by atoms with Crippen molar-refractivity contribution in [3.8, 4) is 22.9 Å². The molecule has 0 unspecified atom stereocenters. The molecule has 1 heterocycles. The highest BCUT2D eigenvalue weighted by Gasteiger charge is 2.15. The van der Waals surface area contributed by atoms with Crippen molar-refractivity contribution >= 4 is 18.1 Å². The van der Waals surface area contributed by atoms with E-state index in [-0.39, 0.29) is 5.91 Å². The maximum atomic E-state index is 12.8. The molecule has 0 saturated heterocycles. The number of H-pyrrole nitrogens is 1. The monoisotopic (exact) mass is 426 g/mol. The molecule has 3 rings (SSSR count). The number of benzene rings is 2. The fourth-order valence-corrected chi connectivity index (χ4v) is 3.40. The molecule has 0 bridgehead atoms. The molecule has 3 aromatic rings. The SMILES string of the molecule is COc1ccc(CN(C)C(=O)CCn2c(-c3ccc(C)cc3)n[nH]c2=S)c(OC)c1. The summed E-state index contributed by atoms with van der Waals surface area (Å²) >= 11 is 5.37. The predicted molar refractivity (Wildman–Crippen MR) is 118 cm³/mol. The van der Waals surface area contributed by atoms with Crippen molar-refractivity contribution < 1.29 is 14.3 Å². The van der Waals surface area contributed by atoms with Crippen molar-refractivity contribution in [1.82, 2.24) is 19.7 Å². The lowest BCUT2D eigenvalue weighted by atomic mass is 10.1. The second-order valence-electron chi connectivity index (χ2n) is 7.05. The first-order valence-electron chi connectivity index (χ1n) is 9.60. The maximum Gasteiger partial charge on any atom is 0.224 e. The van der Waals surface area contributed by atoms with Crippen LogP contribution in [0.3, 0.4) is 0 Å². The van der Waals surface area contributed by atoms with Gasteiger partial charge in [0.25, 0.3) is 0 Å². The number of amides is 1. The van der Waals surface area contributed by atoms with Crippen LogP contribution in [0.1, 0.15) is 17.5 Å². The molecule has 0 spiro atoms. The van der Waals surface area contributed by atoms with Crippen molar-refractivity contribution in [2.24, 2.45) is 0 Å². The van der Waals surface area contributed by atoms with Crippen LogP contribution in [0.4, 0.5) is 0 Å². The predicted octanol–water partition coefficient (Wildman–Crippen LogP) is 3.98. The molecule has 0 radical (unpaired) electrons. The number of carbonyl (C=O) groups excluding carboxylic acids is 1. The number of ether oxygens (including phenoxy) is 2. The van der Waals surface area contributed by atoms with Crippen LogP contribution in [0.5, 0.6) is 11.5 Å². The third-order valence-electron chi connectivity index (χ3n) is 4.94. The number of hydrogen-bond donors (Lipinski definition) is 1. The van der Waals surface area contributed by atoms with E-state index in [1.165, 1.54) is 5.56 Å². The first kappa shape index (κ1) is 21.6. The van der Waals surface area contributed by atoms with E-state index < -0.39 is 0 Å². The number of methoxy groups -OCH3 is 2. The van der Waals surface area contributed by atoms with Crippen LogP contribution < -0.4 is 9.47 Å². The minimum absolute atomic E-state index is 0.00540. The summed E-state index contributed by atoms with van der Waals surface area (Å²) < 4.78 is 13.0. The highest BCUT2D eigenvalue weighted by molar-refractivity contribution is 7.71. The molecular weight excluding hydrogens is 400 g/mol. The van der Waals surface area contributed by atoms with E-state index in [1.54, 1.807) is 26.2 Å². The summed E-state index contributed by atoms with van der Waals surface area (Å²) in [6.45, 7) is 2.92. The number of nitrogens with zero attached hydrogens (tertiary/aromatic N) is 3. The van der Waals surface area contributed by atoms with Crippen molar-refractivity contribution in [1.29, 1.82) is 0 Å². The highest BCUT2D eigenvalue weighted by Crippen LogP contribution is 2.25. The highest BCUT2D eigenvalue weighted by atomic mass is 32.1. The number of aryl methyl sites for hydroxylation is 1. The number of hydrogen-bond acceptors (Lipinski definition) is 5. The Labute approximate surface area is 181 Å². The molecule has 0 aliphatic rings. The summed E-state index contributed by atoms with van der Waals surface area (Å²) in [5.41, 5.74) is 3.04. The number of rotatable bonds is 8. The van der Waals surface area contributed by atoms with Gasteiger partial charge in [-0.25, -0.2) is 0 Å². The quantitative estimate of drug-likeness (QED) is 0.552. The first-order chi connectivity index (χ1) is 14.4. The van der Waals surface area contributed by atoms with E-state index in [2.05, 4.69) is 10.2 Å². The molecule has 1 aromatic heterocycles. The molecule has 0 fully saturated rings. The standard InChI is InChI=1S/C22H26N4O3S/c1-15-5-7-16(8-6-15)21-23-24-22(30)26(21)12-11-20(27)25(2)14-17-9-10-18(28-3)13-19(17)29-4/h5-10,13H,11-12,14H2,1-4H3,(H,24,30). The van der Waals surface area contributed by atoms with E-state index in [0.717, 1.165) is 17.0 Å². The lowest BCUT2D eigenvalue weighted by Crippen LogP contribution is -2.27. The summed E-state index contributed by atoms with van der Waals surface area (Å²) in [6, 6.07) is 13.6. The summed E-state index contributed by atoms with van der Waals surface area (Å²) in [6.07, 6.45) is 0.307. The lowest BCUT2D eigenvalue weighted by molar-refractivity contribution is -0.130. The number of aromatic amines is 1. The molecular formula is C22H26N4O3S. The molecule has 0 atom stereocenters. The van der Waals surface area contributed by atoms with Crippen molar-refractivity contribution in [2.75, 3.05) is 21.3 Å². The summed E-state index contributed by atoms with van der Waals surface area (Å²) in [7, 11) is 4.99. The first-order valence-corrected chi connectivity index (χ1v) is 10.0. The third kappa shape index (κ3) is 4.88. The molecule has 0 aliphatic carbocycles. The van der Waals surface area contributed by atoms with Crippen LogP contribution in [0, 0.1) is 11.7 Å². The van der Waals surface area contributed by atoms with Crippen LogP contribution in [-0.2, 0) is 17.9 Å². The number of carbonyl (C=O) groups is 1. The van der Waals surface area contributed by atoms with E-state index >= 15 is 0 Å². The van der Waals surface area contributed by atoms with Gasteiger partial charge < -0.3 is 14.4 Å². The fraction of sp³-hybridized carbons (Fsp3) is 0.318. The summed E-state index contributed by atoms with van der Waals surface area (Å²) in [5, 5.41) is 7.17. The van der Waals surface area contributed by atoms with Gasteiger partial charge in [-0.15, -0.1) is 0 Å². The number of nitrogens with one attached hydrogen (secondary N) is 1. The molecule has 30 heavy (non-hydrogen) atoms.